The number of esters is 1. The predicted octanol–water partition coefficient (Wildman–Crippen LogP) is 4.64. The van der Waals surface area contributed by atoms with E-state index in [0.29, 0.717) is 5.75 Å². The minimum Gasteiger partial charge on any atom is -0.425 e. The fourth-order valence-corrected chi connectivity index (χ4v) is 2.75. The first-order valence-corrected chi connectivity index (χ1v) is 9.31. The first-order chi connectivity index (χ1) is 13.0. The third-order valence-electron chi connectivity index (χ3n) is 4.36. The molecule has 4 nitrogen and oxygen atoms in total. The van der Waals surface area contributed by atoms with Gasteiger partial charge in [0, 0.05) is 7.05 Å². The molecule has 0 saturated carbocycles. The van der Waals surface area contributed by atoms with Gasteiger partial charge in [-0.2, -0.15) is 0 Å². The first-order valence-electron chi connectivity index (χ1n) is 9.31. The molecule has 0 aliphatic carbocycles. The van der Waals surface area contributed by atoms with Crippen LogP contribution in [-0.4, -0.2) is 30.4 Å². The molecule has 1 amide bonds. The summed E-state index contributed by atoms with van der Waals surface area (Å²) in [5.41, 5.74) is 3.55. The Bertz CT molecular complexity index is 763. The lowest BCUT2D eigenvalue weighted by Gasteiger charge is -2.14. The third kappa shape index (κ3) is 6.41. The van der Waals surface area contributed by atoms with Crippen LogP contribution in [0.5, 0.6) is 5.75 Å². The van der Waals surface area contributed by atoms with E-state index in [1.165, 1.54) is 36.8 Å². The number of carbonyl (C=O) groups is 2. The van der Waals surface area contributed by atoms with Crippen LogP contribution in [0.2, 0.25) is 0 Å². The van der Waals surface area contributed by atoms with Crippen LogP contribution in [0.1, 0.15) is 31.7 Å². The van der Waals surface area contributed by atoms with Crippen molar-refractivity contribution in [2.45, 2.75) is 32.6 Å². The highest BCUT2D eigenvalue weighted by Gasteiger charge is 2.12. The zero-order valence-corrected chi connectivity index (χ0v) is 16.1. The summed E-state index contributed by atoms with van der Waals surface area (Å²) >= 11 is 0. The third-order valence-corrected chi connectivity index (χ3v) is 4.36. The SMILES string of the molecule is C=CC(=O)N(C)CC(=O)Oc1ccc(-c2ccc(CCCCC)cc2)cc1. The van der Waals surface area contributed by atoms with Crippen LogP contribution in [0.25, 0.3) is 11.1 Å². The van der Waals surface area contributed by atoms with Gasteiger partial charge in [-0.25, -0.2) is 4.79 Å². The molecule has 4 heteroatoms. The van der Waals surface area contributed by atoms with Crippen LogP contribution >= 0.6 is 0 Å². The molecule has 2 aromatic carbocycles. The summed E-state index contributed by atoms with van der Waals surface area (Å²) in [6.45, 7) is 5.48. The molecule has 0 saturated heterocycles. The molecular formula is C23H27NO3. The van der Waals surface area contributed by atoms with E-state index in [0.717, 1.165) is 23.6 Å². The van der Waals surface area contributed by atoms with Crippen molar-refractivity contribution in [1.82, 2.24) is 4.90 Å². The molecule has 0 unspecified atom stereocenters. The fourth-order valence-electron chi connectivity index (χ4n) is 2.75. The molecule has 0 spiro atoms. The van der Waals surface area contributed by atoms with Gasteiger partial charge in [-0.05, 0) is 47.7 Å². The molecule has 142 valence electrons. The molecule has 27 heavy (non-hydrogen) atoms. The number of benzene rings is 2. The van der Waals surface area contributed by atoms with Crippen LogP contribution < -0.4 is 4.74 Å². The lowest BCUT2D eigenvalue weighted by atomic mass is 10.0. The highest BCUT2D eigenvalue weighted by Crippen LogP contribution is 2.23. The zero-order valence-electron chi connectivity index (χ0n) is 16.1. The smallest absolute Gasteiger partial charge is 0.331 e. The van der Waals surface area contributed by atoms with Crippen LogP contribution in [0.4, 0.5) is 0 Å². The van der Waals surface area contributed by atoms with Crippen molar-refractivity contribution in [2.75, 3.05) is 13.6 Å². The van der Waals surface area contributed by atoms with Crippen LogP contribution in [0.3, 0.4) is 0 Å². The van der Waals surface area contributed by atoms with E-state index in [1.54, 1.807) is 12.1 Å². The average molecular weight is 365 g/mol. The zero-order chi connectivity index (χ0) is 19.6. The standard InChI is InChI=1S/C23H27NO3/c1-4-6-7-8-18-9-11-19(12-10-18)20-13-15-21(16-14-20)27-23(26)17-24(3)22(25)5-2/h5,9-16H,2,4,6-8,17H2,1,3H3. The minimum atomic E-state index is -0.489. The Kier molecular flexibility index (Phi) is 7.80. The maximum Gasteiger partial charge on any atom is 0.331 e. The van der Waals surface area contributed by atoms with Gasteiger partial charge in [0.25, 0.3) is 0 Å². The number of hydrogen-bond acceptors (Lipinski definition) is 3. The van der Waals surface area contributed by atoms with Gasteiger partial charge < -0.3 is 9.64 Å². The van der Waals surface area contributed by atoms with E-state index in [1.807, 2.05) is 12.1 Å². The van der Waals surface area contributed by atoms with E-state index in [9.17, 15) is 9.59 Å². The fraction of sp³-hybridized carbons (Fsp3) is 0.304. The van der Waals surface area contributed by atoms with Crippen molar-refractivity contribution in [1.29, 1.82) is 0 Å². The number of carbonyl (C=O) groups excluding carboxylic acids is 2. The van der Waals surface area contributed by atoms with E-state index in [2.05, 4.69) is 37.8 Å². The first kappa shape index (κ1) is 20.4. The maximum atomic E-state index is 11.9. The molecule has 0 aliphatic rings. The van der Waals surface area contributed by atoms with Gasteiger partial charge in [-0.15, -0.1) is 0 Å². The second kappa shape index (κ2) is 10.3. The average Bonchev–Trinajstić information content (AvgIpc) is 2.68. The summed E-state index contributed by atoms with van der Waals surface area (Å²) < 4.78 is 5.28. The lowest BCUT2D eigenvalue weighted by molar-refractivity contribution is -0.139. The van der Waals surface area contributed by atoms with Gasteiger partial charge in [-0.1, -0.05) is 62.7 Å². The summed E-state index contributed by atoms with van der Waals surface area (Å²) in [5.74, 6) is -0.350. The molecule has 0 N–H and O–H groups in total. The van der Waals surface area contributed by atoms with Crippen molar-refractivity contribution in [3.8, 4) is 16.9 Å². The van der Waals surface area contributed by atoms with E-state index in [-0.39, 0.29) is 12.5 Å². The lowest BCUT2D eigenvalue weighted by Crippen LogP contribution is -2.32. The molecule has 2 aromatic rings. The second-order valence-electron chi connectivity index (χ2n) is 6.55. The second-order valence-corrected chi connectivity index (χ2v) is 6.55. The Labute approximate surface area is 161 Å². The van der Waals surface area contributed by atoms with Gasteiger partial charge in [-0.3, -0.25) is 4.79 Å². The van der Waals surface area contributed by atoms with E-state index in [4.69, 9.17) is 4.74 Å². The quantitative estimate of drug-likeness (QED) is 0.282. The number of unbranched alkanes of at least 4 members (excludes halogenated alkanes) is 2. The molecule has 2 rings (SSSR count). The van der Waals surface area contributed by atoms with E-state index < -0.39 is 5.97 Å². The molecule has 0 radical (unpaired) electrons. The van der Waals surface area contributed by atoms with Gasteiger partial charge in [0.1, 0.15) is 12.3 Å². The van der Waals surface area contributed by atoms with Gasteiger partial charge in [0.2, 0.25) is 5.91 Å². The van der Waals surface area contributed by atoms with Crippen LogP contribution in [0, 0.1) is 0 Å². The Morgan fingerprint density at radius 1 is 1.00 bits per heavy atom. The summed E-state index contributed by atoms with van der Waals surface area (Å²) in [6, 6.07) is 16.0. The molecule has 0 bridgehead atoms. The van der Waals surface area contributed by atoms with E-state index >= 15 is 0 Å². The Morgan fingerprint density at radius 2 is 1.59 bits per heavy atom. The van der Waals surface area contributed by atoms with Gasteiger partial charge >= 0.3 is 5.97 Å². The monoisotopic (exact) mass is 365 g/mol. The largest absolute Gasteiger partial charge is 0.425 e. The van der Waals surface area contributed by atoms with Crippen LogP contribution in [0.15, 0.2) is 61.2 Å². The van der Waals surface area contributed by atoms with Crippen molar-refractivity contribution in [3.63, 3.8) is 0 Å². The number of aryl methyl sites for hydroxylation is 1. The maximum absolute atomic E-state index is 11.9. The molecule has 0 atom stereocenters. The number of ether oxygens (including phenoxy) is 1. The Balaban J connectivity index is 1.93. The van der Waals surface area contributed by atoms with Crippen molar-refractivity contribution in [2.24, 2.45) is 0 Å². The van der Waals surface area contributed by atoms with Crippen molar-refractivity contribution >= 4 is 11.9 Å². The molecular weight excluding hydrogens is 338 g/mol. The summed E-state index contributed by atoms with van der Waals surface area (Å²) in [7, 11) is 1.53. The Hall–Kier alpha value is -2.88. The predicted molar refractivity (Wildman–Crippen MR) is 109 cm³/mol. The topological polar surface area (TPSA) is 46.6 Å². The number of likely N-dealkylation sites (N-methyl/N-ethyl adjacent to an activating group) is 1. The summed E-state index contributed by atoms with van der Waals surface area (Å²) in [6.07, 6.45) is 6.00. The van der Waals surface area contributed by atoms with Crippen molar-refractivity contribution < 1.29 is 14.3 Å². The number of amides is 1. The van der Waals surface area contributed by atoms with Crippen LogP contribution in [-0.2, 0) is 16.0 Å². The normalized spacial score (nSPS) is 10.3. The minimum absolute atomic E-state index is 0.119. The van der Waals surface area contributed by atoms with Gasteiger partial charge in [0.15, 0.2) is 0 Å². The molecule has 0 fully saturated rings. The highest BCUT2D eigenvalue weighted by molar-refractivity contribution is 5.89. The summed E-state index contributed by atoms with van der Waals surface area (Å²) in [5, 5.41) is 0. The highest BCUT2D eigenvalue weighted by atomic mass is 16.5. The molecule has 0 aliphatic heterocycles. The summed E-state index contributed by atoms with van der Waals surface area (Å²) in [4.78, 5) is 24.5. The van der Waals surface area contributed by atoms with Gasteiger partial charge in [0.05, 0.1) is 0 Å². The molecule has 0 heterocycles. The number of nitrogens with zero attached hydrogens (tertiary/aromatic N) is 1. The number of rotatable bonds is 9. The Morgan fingerprint density at radius 3 is 2.15 bits per heavy atom. The molecule has 0 aromatic heterocycles. The van der Waals surface area contributed by atoms with Crippen molar-refractivity contribution in [3.05, 3.63) is 66.7 Å². The number of hydrogen-bond donors (Lipinski definition) is 0.